The summed E-state index contributed by atoms with van der Waals surface area (Å²) in [7, 11) is -3.31. The molecule has 1 unspecified atom stereocenters. The average Bonchev–Trinajstić information content (AvgIpc) is 2.97. The Hall–Kier alpha value is -0.0900. The van der Waals surface area contributed by atoms with Gasteiger partial charge in [-0.2, -0.15) is 8.42 Å². The van der Waals surface area contributed by atoms with Crippen molar-refractivity contribution in [3.05, 3.63) is 0 Å². The van der Waals surface area contributed by atoms with Crippen LogP contribution in [-0.4, -0.2) is 20.8 Å². The van der Waals surface area contributed by atoms with Crippen LogP contribution in [-0.2, 0) is 14.3 Å². The smallest absolute Gasteiger partial charge is 0.267 e. The van der Waals surface area contributed by atoms with Crippen LogP contribution in [0.1, 0.15) is 97.8 Å². The van der Waals surface area contributed by atoms with Crippen LogP contribution in [0.5, 0.6) is 0 Å². The fourth-order valence-corrected chi connectivity index (χ4v) is 9.62. The second-order valence-corrected chi connectivity index (χ2v) is 12.8. The van der Waals surface area contributed by atoms with Gasteiger partial charge in [0, 0.05) is 0 Å². The molecule has 4 aliphatic carbocycles. The van der Waals surface area contributed by atoms with E-state index in [2.05, 4.69) is 13.8 Å². The van der Waals surface area contributed by atoms with E-state index in [1.807, 2.05) is 0 Å². The number of fused-ring (bicyclic) bond motifs is 5. The van der Waals surface area contributed by atoms with Gasteiger partial charge in [-0.15, -0.1) is 0 Å². The van der Waals surface area contributed by atoms with Crippen LogP contribution in [0.3, 0.4) is 0 Å². The highest BCUT2D eigenvalue weighted by atomic mass is 32.2. The lowest BCUT2D eigenvalue weighted by molar-refractivity contribution is -0.111. The summed E-state index contributed by atoms with van der Waals surface area (Å²) in [5.41, 5.74) is 1.07. The fourth-order valence-electron chi connectivity index (χ4n) is 8.62. The lowest BCUT2D eigenvalue weighted by Gasteiger charge is -2.60. The lowest BCUT2D eigenvalue weighted by atomic mass is 9.45. The van der Waals surface area contributed by atoms with E-state index in [1.54, 1.807) is 6.92 Å². The van der Waals surface area contributed by atoms with Gasteiger partial charge in [0.05, 0.1) is 12.4 Å². The summed E-state index contributed by atoms with van der Waals surface area (Å²) in [6, 6.07) is 0. The third-order valence-electron chi connectivity index (χ3n) is 10.0. The van der Waals surface area contributed by atoms with Crippen molar-refractivity contribution < 1.29 is 12.6 Å². The quantitative estimate of drug-likeness (QED) is 0.491. The molecule has 0 heterocycles. The minimum Gasteiger partial charge on any atom is -0.270 e. The summed E-state index contributed by atoms with van der Waals surface area (Å²) >= 11 is 0. The standard InChI is InChI=1S/C24H42O3S/c1-4-27-28(25,26)17-7-9-19-11-13-21-20-12-10-18-8-5-6-15-23(18,2)22(20)14-16-24(19,21)3/h18-22H,4-17H2,1-3H3/t18?,19-,20-,21-,22-,23-,24+/m0/s1. The summed E-state index contributed by atoms with van der Waals surface area (Å²) in [5.74, 6) is 4.69. The van der Waals surface area contributed by atoms with E-state index in [0.717, 1.165) is 36.5 Å². The SMILES string of the molecule is CCOS(=O)(=O)CCC[C@H]1CC[C@H]2[C@@H]3CCC4CCCC[C@]4(C)[C@H]3CC[C@]12C. The monoisotopic (exact) mass is 410 g/mol. The predicted octanol–water partition coefficient (Wildman–Crippen LogP) is 6.18. The Morgan fingerprint density at radius 1 is 0.893 bits per heavy atom. The molecule has 0 N–H and O–H groups in total. The fraction of sp³-hybridized carbons (Fsp3) is 1.00. The number of hydrogen-bond donors (Lipinski definition) is 0. The highest BCUT2D eigenvalue weighted by Gasteiger charge is 2.59. The van der Waals surface area contributed by atoms with Crippen molar-refractivity contribution in [3.8, 4) is 0 Å². The molecule has 0 aromatic carbocycles. The van der Waals surface area contributed by atoms with Crippen molar-refractivity contribution in [2.45, 2.75) is 97.8 Å². The van der Waals surface area contributed by atoms with Crippen molar-refractivity contribution in [1.82, 2.24) is 0 Å². The minimum atomic E-state index is -3.31. The van der Waals surface area contributed by atoms with Gasteiger partial charge in [-0.25, -0.2) is 0 Å². The van der Waals surface area contributed by atoms with Gasteiger partial charge in [-0.05, 0) is 112 Å². The molecule has 0 amide bonds. The Bertz CT molecular complexity index is 659. The van der Waals surface area contributed by atoms with Crippen LogP contribution in [0, 0.1) is 40.4 Å². The molecule has 0 aromatic rings. The zero-order valence-corrected chi connectivity index (χ0v) is 19.2. The van der Waals surface area contributed by atoms with Crippen LogP contribution in [0.15, 0.2) is 0 Å². The zero-order chi connectivity index (χ0) is 20.0. The molecule has 4 aliphatic rings. The first-order valence-corrected chi connectivity index (χ1v) is 13.7. The molecule has 4 saturated carbocycles. The van der Waals surface area contributed by atoms with Crippen LogP contribution >= 0.6 is 0 Å². The average molecular weight is 411 g/mol. The summed E-state index contributed by atoms with van der Waals surface area (Å²) in [6.07, 6.45) is 16.2. The van der Waals surface area contributed by atoms with Gasteiger partial charge in [0.2, 0.25) is 0 Å². The molecule has 7 atom stereocenters. The number of rotatable bonds is 6. The Morgan fingerprint density at radius 3 is 2.46 bits per heavy atom. The molecule has 0 aromatic heterocycles. The largest absolute Gasteiger partial charge is 0.270 e. The van der Waals surface area contributed by atoms with Gasteiger partial charge in [-0.3, -0.25) is 4.18 Å². The summed E-state index contributed by atoms with van der Waals surface area (Å²) < 4.78 is 28.7. The Morgan fingerprint density at radius 2 is 1.68 bits per heavy atom. The molecule has 4 heteroatoms. The molecule has 0 bridgehead atoms. The van der Waals surface area contributed by atoms with Gasteiger partial charge in [0.15, 0.2) is 0 Å². The van der Waals surface area contributed by atoms with Gasteiger partial charge in [0.25, 0.3) is 10.1 Å². The summed E-state index contributed by atoms with van der Waals surface area (Å²) in [6.45, 7) is 7.23. The van der Waals surface area contributed by atoms with Crippen molar-refractivity contribution >= 4 is 10.1 Å². The van der Waals surface area contributed by atoms with E-state index in [0.29, 0.717) is 16.7 Å². The molecule has 0 spiro atoms. The lowest BCUT2D eigenvalue weighted by Crippen LogP contribution is -2.52. The molecule has 0 radical (unpaired) electrons. The molecule has 0 saturated heterocycles. The molecule has 162 valence electrons. The zero-order valence-electron chi connectivity index (χ0n) is 18.4. The molecule has 28 heavy (non-hydrogen) atoms. The molecule has 4 fully saturated rings. The van der Waals surface area contributed by atoms with Crippen molar-refractivity contribution in [2.24, 2.45) is 40.4 Å². The second kappa shape index (κ2) is 7.87. The summed E-state index contributed by atoms with van der Waals surface area (Å²) in [4.78, 5) is 0. The molecular formula is C24H42O3S. The van der Waals surface area contributed by atoms with E-state index >= 15 is 0 Å². The second-order valence-electron chi connectivity index (χ2n) is 11.0. The first-order valence-electron chi connectivity index (χ1n) is 12.2. The highest BCUT2D eigenvalue weighted by molar-refractivity contribution is 7.86. The molecule has 3 nitrogen and oxygen atoms in total. The maximum atomic E-state index is 11.9. The van der Waals surface area contributed by atoms with Crippen molar-refractivity contribution in [2.75, 3.05) is 12.4 Å². The van der Waals surface area contributed by atoms with E-state index in [1.165, 1.54) is 64.2 Å². The third-order valence-corrected chi connectivity index (χ3v) is 11.4. The van der Waals surface area contributed by atoms with Crippen LogP contribution in [0.2, 0.25) is 0 Å². The first kappa shape index (κ1) is 21.2. The maximum Gasteiger partial charge on any atom is 0.267 e. The van der Waals surface area contributed by atoms with E-state index < -0.39 is 10.1 Å². The molecular weight excluding hydrogens is 368 g/mol. The van der Waals surface area contributed by atoms with Crippen LogP contribution in [0.25, 0.3) is 0 Å². The number of hydrogen-bond acceptors (Lipinski definition) is 3. The van der Waals surface area contributed by atoms with E-state index in [9.17, 15) is 8.42 Å². The first-order chi connectivity index (χ1) is 13.3. The third kappa shape index (κ3) is 3.59. The highest BCUT2D eigenvalue weighted by Crippen LogP contribution is 2.67. The minimum absolute atomic E-state index is 0.198. The maximum absolute atomic E-state index is 11.9. The Balaban J connectivity index is 1.42. The van der Waals surface area contributed by atoms with Gasteiger partial charge >= 0.3 is 0 Å². The van der Waals surface area contributed by atoms with Gasteiger partial charge < -0.3 is 0 Å². The summed E-state index contributed by atoms with van der Waals surface area (Å²) in [5, 5.41) is 0. The van der Waals surface area contributed by atoms with Gasteiger partial charge in [-0.1, -0.05) is 26.7 Å². The Kier molecular flexibility index (Phi) is 5.95. The van der Waals surface area contributed by atoms with Gasteiger partial charge in [0.1, 0.15) is 0 Å². The van der Waals surface area contributed by atoms with Crippen molar-refractivity contribution in [3.63, 3.8) is 0 Å². The molecule has 4 rings (SSSR count). The predicted molar refractivity (Wildman–Crippen MR) is 114 cm³/mol. The van der Waals surface area contributed by atoms with Crippen molar-refractivity contribution in [1.29, 1.82) is 0 Å². The van der Waals surface area contributed by atoms with E-state index in [-0.39, 0.29) is 12.4 Å². The molecule has 0 aliphatic heterocycles. The van der Waals surface area contributed by atoms with Crippen LogP contribution < -0.4 is 0 Å². The van der Waals surface area contributed by atoms with E-state index in [4.69, 9.17) is 4.18 Å². The Labute approximate surface area is 173 Å². The van der Waals surface area contributed by atoms with Crippen LogP contribution in [0.4, 0.5) is 0 Å². The topological polar surface area (TPSA) is 43.4 Å². The normalized spacial score (nSPS) is 45.9.